The Morgan fingerprint density at radius 1 is 0.897 bits per heavy atom. The van der Waals surface area contributed by atoms with Gasteiger partial charge in [0.15, 0.2) is 0 Å². The lowest BCUT2D eigenvalue weighted by Crippen LogP contribution is -2.37. The highest BCUT2D eigenvalue weighted by Gasteiger charge is 2.24. The average Bonchev–Trinajstić information content (AvgIpc) is 3.34. The summed E-state index contributed by atoms with van der Waals surface area (Å²) in [5, 5.41) is 8.52. The highest BCUT2D eigenvalue weighted by molar-refractivity contribution is 6.42. The molecule has 39 heavy (non-hydrogen) atoms. The number of hydrogen-bond acceptors (Lipinski definition) is 3. The van der Waals surface area contributed by atoms with Crippen LogP contribution in [0.2, 0.25) is 10.0 Å². The standard InChI is InChI=1S/C31H32Cl2N4O2/c1-5-21-11-13-23(14-12-21)30(39)36(19-22-9-7-6-8-10-22)20-29(38)34-28-18-27(31(2,3)4)35-37(28)24-15-16-25(32)26(33)17-24/h6-18H,5,19-20H2,1-4H3,(H,34,38). The third-order valence-electron chi connectivity index (χ3n) is 6.34. The molecule has 202 valence electrons. The molecule has 6 nitrogen and oxygen atoms in total. The maximum Gasteiger partial charge on any atom is 0.254 e. The summed E-state index contributed by atoms with van der Waals surface area (Å²) in [6.45, 7) is 8.36. The van der Waals surface area contributed by atoms with E-state index < -0.39 is 0 Å². The monoisotopic (exact) mass is 562 g/mol. The topological polar surface area (TPSA) is 67.2 Å². The number of nitrogens with zero attached hydrogens (tertiary/aromatic N) is 3. The first-order valence-electron chi connectivity index (χ1n) is 12.8. The van der Waals surface area contributed by atoms with Crippen LogP contribution in [0.4, 0.5) is 5.82 Å². The van der Waals surface area contributed by atoms with Crippen LogP contribution in [0.5, 0.6) is 0 Å². The van der Waals surface area contributed by atoms with E-state index in [4.69, 9.17) is 28.3 Å². The van der Waals surface area contributed by atoms with E-state index in [0.29, 0.717) is 33.7 Å². The van der Waals surface area contributed by atoms with Crippen molar-refractivity contribution >= 4 is 40.8 Å². The summed E-state index contributed by atoms with van der Waals surface area (Å²) in [6, 6.07) is 24.1. The molecule has 1 N–H and O–H groups in total. The molecule has 0 fully saturated rings. The van der Waals surface area contributed by atoms with Crippen LogP contribution in [0.3, 0.4) is 0 Å². The van der Waals surface area contributed by atoms with E-state index in [0.717, 1.165) is 23.2 Å². The molecule has 0 aliphatic heterocycles. The number of halogens is 2. The number of anilines is 1. The van der Waals surface area contributed by atoms with E-state index in [-0.39, 0.29) is 23.8 Å². The number of aryl methyl sites for hydroxylation is 1. The van der Waals surface area contributed by atoms with E-state index in [1.807, 2.05) is 81.4 Å². The van der Waals surface area contributed by atoms with Gasteiger partial charge in [-0.2, -0.15) is 5.10 Å². The van der Waals surface area contributed by atoms with Gasteiger partial charge >= 0.3 is 0 Å². The minimum Gasteiger partial charge on any atom is -0.325 e. The van der Waals surface area contributed by atoms with Gasteiger partial charge in [0.25, 0.3) is 5.91 Å². The van der Waals surface area contributed by atoms with Crippen LogP contribution in [0.1, 0.15) is 54.9 Å². The van der Waals surface area contributed by atoms with Gasteiger partial charge in [-0.3, -0.25) is 9.59 Å². The van der Waals surface area contributed by atoms with Gasteiger partial charge in [0.2, 0.25) is 5.91 Å². The van der Waals surface area contributed by atoms with Crippen molar-refractivity contribution in [2.24, 2.45) is 0 Å². The molecule has 3 aromatic carbocycles. The van der Waals surface area contributed by atoms with E-state index in [1.54, 1.807) is 27.8 Å². The van der Waals surface area contributed by atoms with Crippen molar-refractivity contribution in [1.82, 2.24) is 14.7 Å². The van der Waals surface area contributed by atoms with Crippen LogP contribution in [-0.4, -0.2) is 33.0 Å². The first-order valence-corrected chi connectivity index (χ1v) is 13.6. The molecule has 8 heteroatoms. The molecule has 0 atom stereocenters. The van der Waals surface area contributed by atoms with E-state index >= 15 is 0 Å². The van der Waals surface area contributed by atoms with Crippen molar-refractivity contribution in [3.05, 3.63) is 111 Å². The SMILES string of the molecule is CCc1ccc(C(=O)N(CC(=O)Nc2cc(C(C)(C)C)nn2-c2ccc(Cl)c(Cl)c2)Cc2ccccc2)cc1. The summed E-state index contributed by atoms with van der Waals surface area (Å²) in [6.07, 6.45) is 0.883. The van der Waals surface area contributed by atoms with Crippen molar-refractivity contribution in [2.45, 2.75) is 46.1 Å². The Morgan fingerprint density at radius 3 is 2.21 bits per heavy atom. The fraction of sp³-hybridized carbons (Fsp3) is 0.258. The second-order valence-electron chi connectivity index (χ2n) is 10.4. The molecule has 0 aliphatic carbocycles. The fourth-order valence-corrected chi connectivity index (χ4v) is 4.37. The van der Waals surface area contributed by atoms with E-state index in [9.17, 15) is 9.59 Å². The number of hydrogen-bond donors (Lipinski definition) is 1. The molecule has 0 bridgehead atoms. The zero-order valence-electron chi connectivity index (χ0n) is 22.5. The Balaban J connectivity index is 1.62. The summed E-state index contributed by atoms with van der Waals surface area (Å²) in [4.78, 5) is 28.5. The van der Waals surface area contributed by atoms with Gasteiger partial charge in [-0.25, -0.2) is 4.68 Å². The van der Waals surface area contributed by atoms with E-state index in [2.05, 4.69) is 12.2 Å². The Labute approximate surface area is 239 Å². The molecular weight excluding hydrogens is 531 g/mol. The molecule has 4 aromatic rings. The summed E-state index contributed by atoms with van der Waals surface area (Å²) < 4.78 is 1.63. The Kier molecular flexibility index (Phi) is 8.78. The number of nitrogens with one attached hydrogen (secondary N) is 1. The zero-order chi connectivity index (χ0) is 28.2. The van der Waals surface area contributed by atoms with E-state index in [1.165, 1.54) is 0 Å². The molecule has 2 amide bonds. The molecule has 0 aliphatic rings. The van der Waals surface area contributed by atoms with Gasteiger partial charge in [0, 0.05) is 23.6 Å². The fourth-order valence-electron chi connectivity index (χ4n) is 4.07. The lowest BCUT2D eigenvalue weighted by molar-refractivity contribution is -0.117. The molecule has 1 heterocycles. The Bertz CT molecular complexity index is 1460. The Hall–Kier alpha value is -3.61. The Morgan fingerprint density at radius 2 is 1.59 bits per heavy atom. The van der Waals surface area contributed by atoms with Crippen LogP contribution in [-0.2, 0) is 23.2 Å². The second-order valence-corrected chi connectivity index (χ2v) is 11.2. The minimum atomic E-state index is -0.342. The predicted octanol–water partition coefficient (Wildman–Crippen LogP) is 7.32. The summed E-state index contributed by atoms with van der Waals surface area (Å²) in [5.41, 5.74) is 3.79. The largest absolute Gasteiger partial charge is 0.325 e. The summed E-state index contributed by atoms with van der Waals surface area (Å²) in [7, 11) is 0. The van der Waals surface area contributed by atoms with Crippen LogP contribution >= 0.6 is 23.2 Å². The lowest BCUT2D eigenvalue weighted by Gasteiger charge is -2.23. The summed E-state index contributed by atoms with van der Waals surface area (Å²) >= 11 is 12.4. The molecule has 0 radical (unpaired) electrons. The van der Waals surface area contributed by atoms with Gasteiger partial charge in [-0.15, -0.1) is 0 Å². The van der Waals surface area contributed by atoms with Crippen molar-refractivity contribution in [2.75, 3.05) is 11.9 Å². The molecule has 0 unspecified atom stereocenters. The first-order chi connectivity index (χ1) is 18.5. The molecule has 4 rings (SSSR count). The average molecular weight is 564 g/mol. The molecular formula is C31H32Cl2N4O2. The highest BCUT2D eigenvalue weighted by Crippen LogP contribution is 2.29. The summed E-state index contributed by atoms with van der Waals surface area (Å²) in [5.74, 6) is -0.0844. The molecule has 0 saturated carbocycles. The van der Waals surface area contributed by atoms with Gasteiger partial charge in [-0.05, 0) is 47.9 Å². The smallest absolute Gasteiger partial charge is 0.254 e. The van der Waals surface area contributed by atoms with Crippen molar-refractivity contribution < 1.29 is 9.59 Å². The number of rotatable bonds is 8. The van der Waals surface area contributed by atoms with Crippen LogP contribution in [0.15, 0.2) is 78.9 Å². The lowest BCUT2D eigenvalue weighted by atomic mass is 9.92. The third kappa shape index (κ3) is 7.08. The predicted molar refractivity (Wildman–Crippen MR) is 158 cm³/mol. The highest BCUT2D eigenvalue weighted by atomic mass is 35.5. The maximum atomic E-state index is 13.5. The number of aromatic nitrogens is 2. The normalized spacial score (nSPS) is 11.3. The van der Waals surface area contributed by atoms with Crippen molar-refractivity contribution in [3.63, 3.8) is 0 Å². The third-order valence-corrected chi connectivity index (χ3v) is 7.08. The van der Waals surface area contributed by atoms with Gasteiger partial charge in [-0.1, -0.05) is 93.4 Å². The van der Waals surface area contributed by atoms with Crippen molar-refractivity contribution in [1.29, 1.82) is 0 Å². The first kappa shape index (κ1) is 28.4. The minimum absolute atomic E-state index is 0.138. The second kappa shape index (κ2) is 12.1. The van der Waals surface area contributed by atoms with Crippen LogP contribution in [0.25, 0.3) is 5.69 Å². The zero-order valence-corrected chi connectivity index (χ0v) is 24.1. The van der Waals surface area contributed by atoms with Crippen molar-refractivity contribution in [3.8, 4) is 5.69 Å². The quantitative estimate of drug-likeness (QED) is 0.244. The number of carbonyl (C=O) groups is 2. The number of benzene rings is 3. The van der Waals surface area contributed by atoms with Gasteiger partial charge in [0.1, 0.15) is 12.4 Å². The molecule has 0 spiro atoms. The maximum absolute atomic E-state index is 13.5. The van der Waals surface area contributed by atoms with Gasteiger partial charge in [0.05, 0.1) is 21.4 Å². The molecule has 1 aromatic heterocycles. The van der Waals surface area contributed by atoms with Crippen LogP contribution < -0.4 is 5.32 Å². The van der Waals surface area contributed by atoms with Gasteiger partial charge < -0.3 is 10.2 Å². The van der Waals surface area contributed by atoms with Crippen LogP contribution in [0, 0.1) is 0 Å². The number of carbonyl (C=O) groups excluding carboxylic acids is 2. The molecule has 0 saturated heterocycles. The number of amides is 2.